The number of amides is 2. The molecule has 7 heteroatoms. The molecule has 2 amide bonds. The van der Waals surface area contributed by atoms with Crippen LogP contribution >= 0.6 is 23.2 Å². The average Bonchev–Trinajstić information content (AvgIpc) is 2.52. The molecule has 0 radical (unpaired) electrons. The summed E-state index contributed by atoms with van der Waals surface area (Å²) < 4.78 is 0. The quantitative estimate of drug-likeness (QED) is 0.849. The van der Waals surface area contributed by atoms with E-state index in [4.69, 9.17) is 28.9 Å². The van der Waals surface area contributed by atoms with Crippen molar-refractivity contribution >= 4 is 35.0 Å². The molecule has 1 aliphatic heterocycles. The predicted molar refractivity (Wildman–Crippen MR) is 91.8 cm³/mol. The van der Waals surface area contributed by atoms with Gasteiger partial charge in [-0.05, 0) is 37.5 Å². The van der Waals surface area contributed by atoms with E-state index in [9.17, 15) is 9.59 Å². The number of hydrogen-bond donors (Lipinski definition) is 2. The Bertz CT molecular complexity index is 560. The van der Waals surface area contributed by atoms with E-state index in [1.807, 2.05) is 0 Å². The number of piperidine rings is 1. The summed E-state index contributed by atoms with van der Waals surface area (Å²) in [5.74, 6) is -0.191. The molecule has 1 aliphatic rings. The Hall–Kier alpha value is -1.30. The maximum atomic E-state index is 12.8. The lowest BCUT2D eigenvalue weighted by atomic mass is 10.0. The second-order valence-corrected chi connectivity index (χ2v) is 6.52. The molecule has 126 valence electrons. The van der Waals surface area contributed by atoms with Crippen LogP contribution in [-0.4, -0.2) is 42.4 Å². The third-order valence-electron chi connectivity index (χ3n) is 3.90. The van der Waals surface area contributed by atoms with Crippen LogP contribution in [0, 0.1) is 0 Å². The molecule has 1 saturated heterocycles. The molecule has 1 heterocycles. The molecular weight excluding hydrogens is 337 g/mol. The number of carbonyl (C=O) groups excluding carboxylic acids is 2. The smallest absolute Gasteiger partial charge is 0.254 e. The van der Waals surface area contributed by atoms with Gasteiger partial charge in [0.25, 0.3) is 5.91 Å². The van der Waals surface area contributed by atoms with Gasteiger partial charge in [-0.15, -0.1) is 0 Å². The van der Waals surface area contributed by atoms with Crippen molar-refractivity contribution in [1.82, 2.24) is 10.2 Å². The van der Waals surface area contributed by atoms with Crippen LogP contribution in [0.25, 0.3) is 0 Å². The highest BCUT2D eigenvalue weighted by Crippen LogP contribution is 2.23. The number of rotatable bonds is 5. The van der Waals surface area contributed by atoms with Gasteiger partial charge in [0, 0.05) is 47.7 Å². The molecular formula is C16H21Cl2N3O2. The predicted octanol–water partition coefficient (Wildman–Crippen LogP) is 2.45. The Labute approximate surface area is 146 Å². The van der Waals surface area contributed by atoms with Crippen molar-refractivity contribution in [3.05, 3.63) is 33.8 Å². The second kappa shape index (κ2) is 8.52. The zero-order chi connectivity index (χ0) is 16.8. The van der Waals surface area contributed by atoms with E-state index in [2.05, 4.69) is 5.32 Å². The number of halogens is 2. The third-order valence-corrected chi connectivity index (χ3v) is 4.34. The van der Waals surface area contributed by atoms with Crippen LogP contribution in [-0.2, 0) is 4.79 Å². The fourth-order valence-corrected chi connectivity index (χ4v) is 3.30. The number of nitrogens with two attached hydrogens (primary N) is 1. The lowest BCUT2D eigenvalue weighted by Crippen LogP contribution is -2.49. The van der Waals surface area contributed by atoms with Gasteiger partial charge in [-0.25, -0.2) is 0 Å². The van der Waals surface area contributed by atoms with Crippen molar-refractivity contribution in [1.29, 1.82) is 0 Å². The van der Waals surface area contributed by atoms with E-state index < -0.39 is 0 Å². The van der Waals surface area contributed by atoms with E-state index in [0.29, 0.717) is 41.7 Å². The van der Waals surface area contributed by atoms with Crippen molar-refractivity contribution in [2.24, 2.45) is 5.73 Å². The summed E-state index contributed by atoms with van der Waals surface area (Å²) in [7, 11) is 0. The monoisotopic (exact) mass is 357 g/mol. The summed E-state index contributed by atoms with van der Waals surface area (Å²) in [5.41, 5.74) is 5.84. The van der Waals surface area contributed by atoms with Gasteiger partial charge in [0.15, 0.2) is 0 Å². The van der Waals surface area contributed by atoms with Gasteiger partial charge in [0.2, 0.25) is 5.91 Å². The van der Waals surface area contributed by atoms with Crippen LogP contribution in [0.5, 0.6) is 0 Å². The van der Waals surface area contributed by atoms with Gasteiger partial charge in [0.05, 0.1) is 0 Å². The molecule has 0 saturated carbocycles. The highest BCUT2D eigenvalue weighted by Gasteiger charge is 2.28. The summed E-state index contributed by atoms with van der Waals surface area (Å²) in [6.07, 6.45) is 3.15. The zero-order valence-electron chi connectivity index (χ0n) is 12.9. The number of nitrogens with one attached hydrogen (secondary N) is 1. The summed E-state index contributed by atoms with van der Waals surface area (Å²) in [4.78, 5) is 26.2. The first kappa shape index (κ1) is 18.0. The Balaban J connectivity index is 2.07. The number of nitrogens with zero attached hydrogens (tertiary/aromatic N) is 1. The largest absolute Gasteiger partial charge is 0.354 e. The standard InChI is InChI=1S/C16H21Cl2N3O2/c17-12-7-11(8-13(18)9-12)16(23)21-6-2-1-3-14(21)10-20-15(22)4-5-19/h7-9,14H,1-6,10,19H2,(H,20,22). The molecule has 23 heavy (non-hydrogen) atoms. The molecule has 3 N–H and O–H groups in total. The number of carbonyl (C=O) groups is 2. The Morgan fingerprint density at radius 2 is 1.91 bits per heavy atom. The molecule has 1 fully saturated rings. The number of hydrogen-bond acceptors (Lipinski definition) is 3. The van der Waals surface area contributed by atoms with E-state index in [1.165, 1.54) is 0 Å². The summed E-state index contributed by atoms with van der Waals surface area (Å²) >= 11 is 12.0. The maximum Gasteiger partial charge on any atom is 0.254 e. The van der Waals surface area contributed by atoms with E-state index in [-0.39, 0.29) is 17.9 Å². The first-order valence-electron chi connectivity index (χ1n) is 7.75. The second-order valence-electron chi connectivity index (χ2n) is 5.65. The molecule has 2 rings (SSSR count). The van der Waals surface area contributed by atoms with Crippen molar-refractivity contribution in [3.8, 4) is 0 Å². The normalized spacial score (nSPS) is 17.9. The minimum atomic E-state index is -0.104. The van der Waals surface area contributed by atoms with Gasteiger partial charge < -0.3 is 16.0 Å². The van der Waals surface area contributed by atoms with Crippen LogP contribution in [0.2, 0.25) is 10.0 Å². The maximum absolute atomic E-state index is 12.8. The van der Waals surface area contributed by atoms with Crippen LogP contribution in [0.4, 0.5) is 0 Å². The minimum Gasteiger partial charge on any atom is -0.354 e. The Morgan fingerprint density at radius 3 is 2.57 bits per heavy atom. The van der Waals surface area contributed by atoms with Crippen molar-refractivity contribution in [2.75, 3.05) is 19.6 Å². The fourth-order valence-electron chi connectivity index (χ4n) is 2.77. The third kappa shape index (κ3) is 5.09. The molecule has 1 atom stereocenters. The van der Waals surface area contributed by atoms with Gasteiger partial charge in [-0.2, -0.15) is 0 Å². The van der Waals surface area contributed by atoms with Gasteiger partial charge >= 0.3 is 0 Å². The number of benzene rings is 1. The topological polar surface area (TPSA) is 75.4 Å². The van der Waals surface area contributed by atoms with Gasteiger partial charge in [-0.1, -0.05) is 23.2 Å². The molecule has 1 aromatic rings. The molecule has 1 aromatic carbocycles. The van der Waals surface area contributed by atoms with Crippen LogP contribution in [0.15, 0.2) is 18.2 Å². The van der Waals surface area contributed by atoms with E-state index >= 15 is 0 Å². The van der Waals surface area contributed by atoms with Crippen molar-refractivity contribution in [3.63, 3.8) is 0 Å². The Morgan fingerprint density at radius 1 is 1.22 bits per heavy atom. The highest BCUT2D eigenvalue weighted by atomic mass is 35.5. The molecule has 1 unspecified atom stereocenters. The zero-order valence-corrected chi connectivity index (χ0v) is 14.4. The summed E-state index contributed by atoms with van der Waals surface area (Å²) in [6.45, 7) is 1.43. The van der Waals surface area contributed by atoms with E-state index in [1.54, 1.807) is 23.1 Å². The lowest BCUT2D eigenvalue weighted by Gasteiger charge is -2.36. The molecule has 5 nitrogen and oxygen atoms in total. The van der Waals surface area contributed by atoms with Gasteiger partial charge in [-0.3, -0.25) is 9.59 Å². The van der Waals surface area contributed by atoms with Crippen LogP contribution in [0.3, 0.4) is 0 Å². The van der Waals surface area contributed by atoms with Crippen LogP contribution < -0.4 is 11.1 Å². The van der Waals surface area contributed by atoms with Crippen molar-refractivity contribution in [2.45, 2.75) is 31.7 Å². The molecule has 0 aromatic heterocycles. The highest BCUT2D eigenvalue weighted by molar-refractivity contribution is 6.35. The van der Waals surface area contributed by atoms with Crippen LogP contribution in [0.1, 0.15) is 36.0 Å². The molecule has 0 spiro atoms. The first-order valence-corrected chi connectivity index (χ1v) is 8.50. The molecule has 0 bridgehead atoms. The van der Waals surface area contributed by atoms with Crippen molar-refractivity contribution < 1.29 is 9.59 Å². The van der Waals surface area contributed by atoms with E-state index in [0.717, 1.165) is 19.3 Å². The minimum absolute atomic E-state index is 0.0178. The average molecular weight is 358 g/mol. The number of likely N-dealkylation sites (tertiary alicyclic amines) is 1. The van der Waals surface area contributed by atoms with Gasteiger partial charge in [0.1, 0.15) is 0 Å². The summed E-state index contributed by atoms with van der Waals surface area (Å²) in [5, 5.41) is 3.72. The lowest BCUT2D eigenvalue weighted by molar-refractivity contribution is -0.121. The fraction of sp³-hybridized carbons (Fsp3) is 0.500. The SMILES string of the molecule is NCCC(=O)NCC1CCCCN1C(=O)c1cc(Cl)cc(Cl)c1. The Kier molecular flexibility index (Phi) is 6.69. The summed E-state index contributed by atoms with van der Waals surface area (Å²) in [6, 6.07) is 4.82. The molecule has 0 aliphatic carbocycles. The first-order chi connectivity index (χ1) is 11.0.